The highest BCUT2D eigenvalue weighted by Crippen LogP contribution is 2.22. The summed E-state index contributed by atoms with van der Waals surface area (Å²) in [4.78, 5) is 0. The molecular weight excluding hydrogens is 208 g/mol. The summed E-state index contributed by atoms with van der Waals surface area (Å²) < 4.78 is 5.92. The van der Waals surface area contributed by atoms with E-state index in [-0.39, 0.29) is 0 Å². The summed E-state index contributed by atoms with van der Waals surface area (Å²) in [6.07, 6.45) is 3.89. The first-order valence-corrected chi connectivity index (χ1v) is 6.45. The number of fused-ring (bicyclic) bond motifs is 1. The van der Waals surface area contributed by atoms with Crippen molar-refractivity contribution in [2.24, 2.45) is 0 Å². The highest BCUT2D eigenvalue weighted by Gasteiger charge is 2.03. The van der Waals surface area contributed by atoms with Crippen LogP contribution in [0.1, 0.15) is 33.1 Å². The van der Waals surface area contributed by atoms with Crippen LogP contribution in [0.25, 0.3) is 10.8 Å². The number of ether oxygens (including phenoxy) is 1. The fraction of sp³-hybridized carbons (Fsp3) is 0.375. The standard InChI is InChI=1S/C16H20O/c1-3-4-7-13(2)17-16-11-10-14-8-5-6-9-15(14)12-16/h5-6,8-13H,3-4,7H2,1-2H3. The van der Waals surface area contributed by atoms with Gasteiger partial charge in [-0.25, -0.2) is 0 Å². The maximum Gasteiger partial charge on any atom is 0.120 e. The molecule has 1 atom stereocenters. The van der Waals surface area contributed by atoms with E-state index in [1.165, 1.54) is 23.6 Å². The van der Waals surface area contributed by atoms with E-state index in [2.05, 4.69) is 56.3 Å². The van der Waals surface area contributed by atoms with Crippen LogP contribution in [0.5, 0.6) is 5.75 Å². The van der Waals surface area contributed by atoms with Gasteiger partial charge in [0.25, 0.3) is 0 Å². The van der Waals surface area contributed by atoms with Gasteiger partial charge in [0.05, 0.1) is 6.10 Å². The molecule has 0 fully saturated rings. The highest BCUT2D eigenvalue weighted by atomic mass is 16.5. The summed E-state index contributed by atoms with van der Waals surface area (Å²) in [6, 6.07) is 14.7. The van der Waals surface area contributed by atoms with Gasteiger partial charge in [-0.3, -0.25) is 0 Å². The SMILES string of the molecule is CCCCC(C)Oc1ccc2ccccc2c1. The van der Waals surface area contributed by atoms with Crippen LogP contribution in [0.4, 0.5) is 0 Å². The van der Waals surface area contributed by atoms with E-state index in [0.717, 1.165) is 12.2 Å². The predicted molar refractivity (Wildman–Crippen MR) is 73.6 cm³/mol. The van der Waals surface area contributed by atoms with Crippen molar-refractivity contribution >= 4 is 10.8 Å². The summed E-state index contributed by atoms with van der Waals surface area (Å²) in [6.45, 7) is 4.35. The molecule has 0 spiro atoms. The van der Waals surface area contributed by atoms with E-state index in [1.807, 2.05) is 0 Å². The van der Waals surface area contributed by atoms with Gasteiger partial charge in [0.15, 0.2) is 0 Å². The van der Waals surface area contributed by atoms with Crippen LogP contribution in [0.15, 0.2) is 42.5 Å². The van der Waals surface area contributed by atoms with Crippen molar-refractivity contribution < 1.29 is 4.74 Å². The van der Waals surface area contributed by atoms with E-state index >= 15 is 0 Å². The molecule has 2 rings (SSSR count). The summed E-state index contributed by atoms with van der Waals surface area (Å²) in [5.74, 6) is 0.979. The molecule has 0 aliphatic carbocycles. The molecule has 0 N–H and O–H groups in total. The number of unbranched alkanes of at least 4 members (excludes halogenated alkanes) is 1. The Bertz CT molecular complexity index is 476. The van der Waals surface area contributed by atoms with Crippen molar-refractivity contribution in [3.8, 4) is 5.75 Å². The molecule has 0 aliphatic heterocycles. The molecule has 1 heteroatoms. The zero-order chi connectivity index (χ0) is 12.1. The van der Waals surface area contributed by atoms with E-state index in [9.17, 15) is 0 Å². The first-order valence-electron chi connectivity index (χ1n) is 6.45. The first-order chi connectivity index (χ1) is 8.29. The van der Waals surface area contributed by atoms with Crippen molar-refractivity contribution in [1.29, 1.82) is 0 Å². The number of benzene rings is 2. The Morgan fingerprint density at radius 2 is 1.82 bits per heavy atom. The number of hydrogen-bond acceptors (Lipinski definition) is 1. The van der Waals surface area contributed by atoms with Crippen LogP contribution < -0.4 is 4.74 Å². The predicted octanol–water partition coefficient (Wildman–Crippen LogP) is 4.80. The zero-order valence-electron chi connectivity index (χ0n) is 10.6. The van der Waals surface area contributed by atoms with Crippen molar-refractivity contribution in [2.75, 3.05) is 0 Å². The monoisotopic (exact) mass is 228 g/mol. The second kappa shape index (κ2) is 5.72. The quantitative estimate of drug-likeness (QED) is 0.714. The van der Waals surface area contributed by atoms with E-state index < -0.39 is 0 Å². The molecule has 17 heavy (non-hydrogen) atoms. The lowest BCUT2D eigenvalue weighted by molar-refractivity contribution is 0.208. The minimum absolute atomic E-state index is 0.302. The Balaban J connectivity index is 2.08. The van der Waals surface area contributed by atoms with Gasteiger partial charge in [0.2, 0.25) is 0 Å². The van der Waals surface area contributed by atoms with E-state index in [1.54, 1.807) is 0 Å². The first kappa shape index (κ1) is 12.0. The average Bonchev–Trinajstić information content (AvgIpc) is 2.36. The fourth-order valence-corrected chi connectivity index (χ4v) is 2.02. The highest BCUT2D eigenvalue weighted by molar-refractivity contribution is 5.83. The molecule has 0 aliphatic rings. The molecule has 0 saturated carbocycles. The zero-order valence-corrected chi connectivity index (χ0v) is 10.6. The van der Waals surface area contributed by atoms with E-state index in [4.69, 9.17) is 4.74 Å². The Morgan fingerprint density at radius 1 is 1.06 bits per heavy atom. The van der Waals surface area contributed by atoms with Crippen molar-refractivity contribution in [2.45, 2.75) is 39.2 Å². The van der Waals surface area contributed by atoms with Crippen LogP contribution >= 0.6 is 0 Å². The smallest absolute Gasteiger partial charge is 0.120 e. The van der Waals surface area contributed by atoms with Gasteiger partial charge < -0.3 is 4.74 Å². The third-order valence-electron chi connectivity index (χ3n) is 3.02. The van der Waals surface area contributed by atoms with Crippen molar-refractivity contribution in [1.82, 2.24) is 0 Å². The summed E-state index contributed by atoms with van der Waals surface area (Å²) in [5, 5.41) is 2.51. The van der Waals surface area contributed by atoms with Gasteiger partial charge in [-0.05, 0) is 36.2 Å². The molecule has 90 valence electrons. The molecule has 0 radical (unpaired) electrons. The van der Waals surface area contributed by atoms with Crippen LogP contribution in [0.3, 0.4) is 0 Å². The molecule has 0 aromatic heterocycles. The van der Waals surface area contributed by atoms with Crippen LogP contribution in [0.2, 0.25) is 0 Å². The molecular formula is C16H20O. The maximum absolute atomic E-state index is 5.92. The molecule has 0 heterocycles. The lowest BCUT2D eigenvalue weighted by atomic mass is 10.1. The minimum Gasteiger partial charge on any atom is -0.491 e. The molecule has 0 saturated heterocycles. The van der Waals surface area contributed by atoms with E-state index in [0.29, 0.717) is 6.10 Å². The molecule has 1 nitrogen and oxygen atoms in total. The van der Waals surface area contributed by atoms with Crippen LogP contribution in [-0.4, -0.2) is 6.10 Å². The van der Waals surface area contributed by atoms with Gasteiger partial charge >= 0.3 is 0 Å². The molecule has 2 aromatic carbocycles. The summed E-state index contributed by atoms with van der Waals surface area (Å²) in [7, 11) is 0. The summed E-state index contributed by atoms with van der Waals surface area (Å²) >= 11 is 0. The lowest BCUT2D eigenvalue weighted by Crippen LogP contribution is -2.11. The Kier molecular flexibility index (Phi) is 4.03. The van der Waals surface area contributed by atoms with Crippen molar-refractivity contribution in [3.63, 3.8) is 0 Å². The van der Waals surface area contributed by atoms with Crippen molar-refractivity contribution in [3.05, 3.63) is 42.5 Å². The maximum atomic E-state index is 5.92. The number of hydrogen-bond donors (Lipinski definition) is 0. The Hall–Kier alpha value is -1.50. The summed E-state index contributed by atoms with van der Waals surface area (Å²) in [5.41, 5.74) is 0. The third-order valence-corrected chi connectivity index (χ3v) is 3.02. The van der Waals surface area contributed by atoms with Crippen LogP contribution in [0, 0.1) is 0 Å². The third kappa shape index (κ3) is 3.23. The van der Waals surface area contributed by atoms with Gasteiger partial charge in [-0.2, -0.15) is 0 Å². The Labute approximate surface area is 103 Å². The minimum atomic E-state index is 0.302. The average molecular weight is 228 g/mol. The second-order valence-corrected chi connectivity index (χ2v) is 4.58. The van der Waals surface area contributed by atoms with Gasteiger partial charge in [0.1, 0.15) is 5.75 Å². The Morgan fingerprint density at radius 3 is 2.59 bits per heavy atom. The van der Waals surface area contributed by atoms with Crippen LogP contribution in [-0.2, 0) is 0 Å². The topological polar surface area (TPSA) is 9.23 Å². The largest absolute Gasteiger partial charge is 0.491 e. The molecule has 0 amide bonds. The van der Waals surface area contributed by atoms with Gasteiger partial charge in [-0.1, -0.05) is 50.1 Å². The fourth-order valence-electron chi connectivity index (χ4n) is 2.02. The normalized spacial score (nSPS) is 12.6. The lowest BCUT2D eigenvalue weighted by Gasteiger charge is -2.14. The van der Waals surface area contributed by atoms with Gasteiger partial charge in [0, 0.05) is 0 Å². The second-order valence-electron chi connectivity index (χ2n) is 4.58. The molecule has 1 unspecified atom stereocenters. The molecule has 2 aromatic rings. The van der Waals surface area contributed by atoms with Gasteiger partial charge in [-0.15, -0.1) is 0 Å². The number of rotatable bonds is 5. The molecule has 0 bridgehead atoms.